The van der Waals surface area contributed by atoms with Crippen LogP contribution in [0.25, 0.3) is 0 Å². The Balaban J connectivity index is 1.93. The van der Waals surface area contributed by atoms with Crippen molar-refractivity contribution in [1.29, 1.82) is 0 Å². The Bertz CT molecular complexity index is 738. The highest BCUT2D eigenvalue weighted by atomic mass is 16.6. The summed E-state index contributed by atoms with van der Waals surface area (Å²) >= 11 is 0. The van der Waals surface area contributed by atoms with Gasteiger partial charge in [-0.25, -0.2) is 9.59 Å². The van der Waals surface area contributed by atoms with Gasteiger partial charge in [-0.05, 0) is 38.8 Å². The summed E-state index contributed by atoms with van der Waals surface area (Å²) in [5.74, 6) is -1.29. The number of esters is 2. The molecule has 0 saturated carbocycles. The number of fused-ring (bicyclic) bond motifs is 1. The van der Waals surface area contributed by atoms with Gasteiger partial charge in [0.2, 0.25) is 0 Å². The lowest BCUT2D eigenvalue weighted by Gasteiger charge is -2.27. The molecule has 3 atom stereocenters. The second-order valence-electron chi connectivity index (χ2n) is 6.68. The van der Waals surface area contributed by atoms with Crippen molar-refractivity contribution in [2.24, 2.45) is 5.92 Å². The van der Waals surface area contributed by atoms with E-state index >= 15 is 0 Å². The average Bonchev–Trinajstić information content (AvgIpc) is 3.16. The van der Waals surface area contributed by atoms with E-state index in [4.69, 9.17) is 13.9 Å². The molecule has 1 aromatic rings. The molecule has 0 radical (unpaired) electrons. The Morgan fingerprint density at radius 3 is 2.84 bits per heavy atom. The normalized spacial score (nSPS) is 31.2. The van der Waals surface area contributed by atoms with Gasteiger partial charge in [0.15, 0.2) is 0 Å². The lowest BCUT2D eigenvalue weighted by atomic mass is 9.85. The second kappa shape index (κ2) is 7.13. The molecule has 1 fully saturated rings. The van der Waals surface area contributed by atoms with Crippen LogP contribution in [0, 0.1) is 5.92 Å². The van der Waals surface area contributed by atoms with Crippen molar-refractivity contribution in [2.45, 2.75) is 45.3 Å². The molecule has 3 rings (SSSR count). The Morgan fingerprint density at radius 2 is 2.12 bits per heavy atom. The summed E-state index contributed by atoms with van der Waals surface area (Å²) in [5, 5.41) is 0. The highest BCUT2D eigenvalue weighted by Gasteiger charge is 2.44. The fraction of sp³-hybridized carbons (Fsp3) is 0.400. The van der Waals surface area contributed by atoms with E-state index < -0.39 is 24.1 Å². The molecule has 1 aliphatic heterocycles. The molecule has 5 nitrogen and oxygen atoms in total. The van der Waals surface area contributed by atoms with E-state index in [-0.39, 0.29) is 5.92 Å². The van der Waals surface area contributed by atoms with E-state index in [0.29, 0.717) is 17.6 Å². The molecule has 0 aromatic carbocycles. The maximum absolute atomic E-state index is 12.4. The average molecular weight is 342 g/mol. The van der Waals surface area contributed by atoms with E-state index in [2.05, 4.69) is 12.7 Å². The third-order valence-electron chi connectivity index (χ3n) is 4.68. The van der Waals surface area contributed by atoms with Gasteiger partial charge < -0.3 is 13.9 Å². The number of hydrogen-bond acceptors (Lipinski definition) is 5. The van der Waals surface area contributed by atoms with Gasteiger partial charge >= 0.3 is 11.9 Å². The standard InChI is InChI=1S/C20H22O5/c1-12-5-4-6-13(2)10-17(25-20(22)15-7-8-23-11-15)18-14(3)19(21)24-16(18)9-12/h6-9,11,16-18H,3-5,10H2,1-2H3/b12-9+,13-6+/t16-,17+,18-/m0/s1. The topological polar surface area (TPSA) is 65.7 Å². The highest BCUT2D eigenvalue weighted by Crippen LogP contribution is 2.36. The molecule has 2 heterocycles. The molecule has 132 valence electrons. The molecule has 25 heavy (non-hydrogen) atoms. The van der Waals surface area contributed by atoms with Crippen molar-refractivity contribution in [2.75, 3.05) is 0 Å². The zero-order valence-corrected chi connectivity index (χ0v) is 14.5. The maximum Gasteiger partial charge on any atom is 0.341 e. The van der Waals surface area contributed by atoms with E-state index in [9.17, 15) is 9.59 Å². The Labute approximate surface area is 147 Å². The molecule has 5 heteroatoms. The summed E-state index contributed by atoms with van der Waals surface area (Å²) in [7, 11) is 0. The van der Waals surface area contributed by atoms with Crippen LogP contribution in [0.15, 0.2) is 58.5 Å². The van der Waals surface area contributed by atoms with Crippen LogP contribution < -0.4 is 0 Å². The van der Waals surface area contributed by atoms with Crippen molar-refractivity contribution in [1.82, 2.24) is 0 Å². The van der Waals surface area contributed by atoms with Crippen LogP contribution in [-0.2, 0) is 14.3 Å². The predicted molar refractivity (Wildman–Crippen MR) is 91.8 cm³/mol. The molecule has 0 bridgehead atoms. The Hall–Kier alpha value is -2.56. The van der Waals surface area contributed by atoms with Crippen LogP contribution in [-0.4, -0.2) is 24.1 Å². The summed E-state index contributed by atoms with van der Waals surface area (Å²) in [5.41, 5.74) is 2.96. The maximum atomic E-state index is 12.4. The van der Waals surface area contributed by atoms with E-state index in [0.717, 1.165) is 24.0 Å². The minimum atomic E-state index is -0.523. The van der Waals surface area contributed by atoms with Crippen molar-refractivity contribution >= 4 is 11.9 Å². The van der Waals surface area contributed by atoms with Crippen molar-refractivity contribution < 1.29 is 23.5 Å². The van der Waals surface area contributed by atoms with Crippen molar-refractivity contribution in [3.05, 3.63) is 59.6 Å². The zero-order chi connectivity index (χ0) is 18.0. The van der Waals surface area contributed by atoms with Crippen molar-refractivity contribution in [3.8, 4) is 0 Å². The molecular formula is C20H22O5. The predicted octanol–water partition coefficient (Wildman–Crippen LogP) is 3.98. The van der Waals surface area contributed by atoms with Crippen LogP contribution >= 0.6 is 0 Å². The highest BCUT2D eigenvalue weighted by molar-refractivity contribution is 5.92. The van der Waals surface area contributed by atoms with Gasteiger partial charge in [-0.3, -0.25) is 0 Å². The first kappa shape index (κ1) is 17.3. The van der Waals surface area contributed by atoms with Gasteiger partial charge in [0.1, 0.15) is 18.5 Å². The summed E-state index contributed by atoms with van der Waals surface area (Å²) in [6.07, 6.45) is 8.24. The minimum absolute atomic E-state index is 0.345. The van der Waals surface area contributed by atoms with E-state index in [1.807, 2.05) is 19.9 Å². The van der Waals surface area contributed by atoms with E-state index in [1.54, 1.807) is 6.07 Å². The van der Waals surface area contributed by atoms with E-state index in [1.165, 1.54) is 12.5 Å². The summed E-state index contributed by atoms with van der Waals surface area (Å²) in [4.78, 5) is 24.5. The minimum Gasteiger partial charge on any atom is -0.472 e. The number of rotatable bonds is 2. The second-order valence-corrected chi connectivity index (χ2v) is 6.68. The number of ether oxygens (including phenoxy) is 2. The lowest BCUT2D eigenvalue weighted by Crippen LogP contribution is -2.33. The first-order chi connectivity index (χ1) is 12.0. The van der Waals surface area contributed by atoms with Gasteiger partial charge in [0.25, 0.3) is 0 Å². The molecule has 0 amide bonds. The SMILES string of the molecule is C=C1C(=O)O[C@H]2/C=C(\C)CC/C=C(\C)C[C@@H](OC(=O)c3ccoc3)[C@@H]12. The van der Waals surface area contributed by atoms with Crippen LogP contribution in [0.1, 0.15) is 43.5 Å². The largest absolute Gasteiger partial charge is 0.472 e. The first-order valence-electron chi connectivity index (χ1n) is 8.41. The molecule has 0 spiro atoms. The lowest BCUT2D eigenvalue weighted by molar-refractivity contribution is -0.137. The molecule has 0 N–H and O–H groups in total. The quantitative estimate of drug-likeness (QED) is 0.462. The molecule has 1 aliphatic carbocycles. The fourth-order valence-corrected chi connectivity index (χ4v) is 3.32. The number of allylic oxidation sites excluding steroid dienone is 2. The van der Waals surface area contributed by atoms with Crippen LogP contribution in [0.4, 0.5) is 0 Å². The van der Waals surface area contributed by atoms with Gasteiger partial charge in [-0.15, -0.1) is 0 Å². The van der Waals surface area contributed by atoms with Gasteiger partial charge in [-0.1, -0.05) is 23.8 Å². The number of carbonyl (C=O) groups excluding carboxylic acids is 2. The van der Waals surface area contributed by atoms with Gasteiger partial charge in [0.05, 0.1) is 17.7 Å². The number of furan rings is 1. The monoisotopic (exact) mass is 342 g/mol. The fourth-order valence-electron chi connectivity index (χ4n) is 3.32. The van der Waals surface area contributed by atoms with Crippen LogP contribution in [0.5, 0.6) is 0 Å². The Morgan fingerprint density at radius 1 is 1.32 bits per heavy atom. The van der Waals surface area contributed by atoms with Crippen molar-refractivity contribution in [3.63, 3.8) is 0 Å². The summed E-state index contributed by atoms with van der Waals surface area (Å²) in [6, 6.07) is 1.55. The van der Waals surface area contributed by atoms with Crippen LogP contribution in [0.2, 0.25) is 0 Å². The smallest absolute Gasteiger partial charge is 0.341 e. The molecular weight excluding hydrogens is 320 g/mol. The number of hydrogen-bond donors (Lipinski definition) is 0. The summed E-state index contributed by atoms with van der Waals surface area (Å²) in [6.45, 7) is 7.91. The number of carbonyl (C=O) groups is 2. The molecule has 2 aliphatic rings. The third-order valence-corrected chi connectivity index (χ3v) is 4.68. The molecule has 1 aromatic heterocycles. The van der Waals surface area contributed by atoms with Gasteiger partial charge in [-0.2, -0.15) is 0 Å². The molecule has 1 saturated heterocycles. The zero-order valence-electron chi connectivity index (χ0n) is 14.5. The molecule has 0 unspecified atom stereocenters. The van der Waals surface area contributed by atoms with Crippen LogP contribution in [0.3, 0.4) is 0 Å². The first-order valence-corrected chi connectivity index (χ1v) is 8.41. The van der Waals surface area contributed by atoms with Gasteiger partial charge in [0, 0.05) is 12.0 Å². The summed E-state index contributed by atoms with van der Waals surface area (Å²) < 4.78 is 16.2. The Kier molecular flexibility index (Phi) is 4.93. The third kappa shape index (κ3) is 3.76.